The molecule has 7 heteroatoms. The van der Waals surface area contributed by atoms with Gasteiger partial charge in [-0.3, -0.25) is 9.59 Å². The maximum atomic E-state index is 11.9. The fourth-order valence-corrected chi connectivity index (χ4v) is 2.18. The number of thioether (sulfide) groups is 1. The Morgan fingerprint density at radius 2 is 2.00 bits per heavy atom. The van der Waals surface area contributed by atoms with Crippen molar-refractivity contribution in [1.29, 1.82) is 0 Å². The molecule has 0 aliphatic carbocycles. The normalized spacial score (nSPS) is 13.3. The summed E-state index contributed by atoms with van der Waals surface area (Å²) in [5.74, 6) is -1.43. The molecule has 0 spiro atoms. The lowest BCUT2D eigenvalue weighted by Crippen LogP contribution is -2.48. The van der Waals surface area contributed by atoms with Gasteiger partial charge in [0.2, 0.25) is 0 Å². The molecule has 0 saturated carbocycles. The van der Waals surface area contributed by atoms with Gasteiger partial charge in [-0.1, -0.05) is 6.07 Å². The molecule has 2 amide bonds. The van der Waals surface area contributed by atoms with Crippen molar-refractivity contribution in [1.82, 2.24) is 5.32 Å². The van der Waals surface area contributed by atoms with E-state index in [2.05, 4.69) is 10.6 Å². The number of rotatable bonds is 7. The number of amides is 2. The third-order valence-electron chi connectivity index (χ3n) is 3.10. The van der Waals surface area contributed by atoms with Crippen molar-refractivity contribution in [3.8, 4) is 0 Å². The van der Waals surface area contributed by atoms with E-state index in [1.165, 1.54) is 7.11 Å². The van der Waals surface area contributed by atoms with Crippen LogP contribution in [0.2, 0.25) is 0 Å². The maximum Gasteiger partial charge on any atom is 0.313 e. The van der Waals surface area contributed by atoms with Crippen LogP contribution in [-0.2, 0) is 19.1 Å². The molecule has 0 saturated heterocycles. The van der Waals surface area contributed by atoms with Crippen molar-refractivity contribution in [3.05, 3.63) is 24.3 Å². The SMILES string of the molecule is COCC(C)(CNC(=O)C(=O)Nc1cccc(SC)c1)OC. The van der Waals surface area contributed by atoms with Crippen molar-refractivity contribution >= 4 is 29.3 Å². The minimum Gasteiger partial charge on any atom is -0.382 e. The Morgan fingerprint density at radius 1 is 1.27 bits per heavy atom. The number of carbonyl (C=O) groups is 2. The summed E-state index contributed by atoms with van der Waals surface area (Å²) < 4.78 is 10.3. The van der Waals surface area contributed by atoms with Crippen LogP contribution >= 0.6 is 11.8 Å². The Labute approximate surface area is 134 Å². The molecule has 0 fully saturated rings. The van der Waals surface area contributed by atoms with Crippen LogP contribution < -0.4 is 10.6 Å². The average molecular weight is 326 g/mol. The highest BCUT2D eigenvalue weighted by atomic mass is 32.2. The van der Waals surface area contributed by atoms with Crippen LogP contribution in [0, 0.1) is 0 Å². The van der Waals surface area contributed by atoms with Crippen LogP contribution in [0.15, 0.2) is 29.2 Å². The predicted molar refractivity (Wildman–Crippen MR) is 87.2 cm³/mol. The lowest BCUT2D eigenvalue weighted by atomic mass is 10.1. The van der Waals surface area contributed by atoms with Gasteiger partial charge >= 0.3 is 11.8 Å². The van der Waals surface area contributed by atoms with E-state index in [0.29, 0.717) is 12.3 Å². The summed E-state index contributed by atoms with van der Waals surface area (Å²) in [6.45, 7) is 2.27. The van der Waals surface area contributed by atoms with Crippen LogP contribution in [0.1, 0.15) is 6.92 Å². The highest BCUT2D eigenvalue weighted by Crippen LogP contribution is 2.18. The Balaban J connectivity index is 2.56. The molecule has 1 rings (SSSR count). The Morgan fingerprint density at radius 3 is 2.59 bits per heavy atom. The number of carbonyl (C=O) groups excluding carboxylic acids is 2. The molecule has 0 bridgehead atoms. The van der Waals surface area contributed by atoms with Crippen LogP contribution in [0.4, 0.5) is 5.69 Å². The van der Waals surface area contributed by atoms with Crippen LogP contribution in [-0.4, -0.2) is 51.0 Å². The summed E-state index contributed by atoms with van der Waals surface area (Å²) >= 11 is 1.56. The molecule has 0 aliphatic heterocycles. The zero-order valence-corrected chi connectivity index (χ0v) is 14.1. The second-order valence-corrected chi connectivity index (χ2v) is 5.84. The molecular formula is C15H22N2O4S. The Hall–Kier alpha value is -1.57. The molecule has 1 unspecified atom stereocenters. The van der Waals surface area contributed by atoms with E-state index in [9.17, 15) is 9.59 Å². The molecule has 0 radical (unpaired) electrons. The van der Waals surface area contributed by atoms with E-state index in [1.807, 2.05) is 18.4 Å². The van der Waals surface area contributed by atoms with E-state index in [1.54, 1.807) is 37.9 Å². The zero-order valence-electron chi connectivity index (χ0n) is 13.3. The largest absolute Gasteiger partial charge is 0.382 e. The summed E-state index contributed by atoms with van der Waals surface area (Å²) in [7, 11) is 3.07. The highest BCUT2D eigenvalue weighted by molar-refractivity contribution is 7.98. The molecule has 2 N–H and O–H groups in total. The Bertz CT molecular complexity index is 524. The van der Waals surface area contributed by atoms with Gasteiger partial charge in [-0.2, -0.15) is 0 Å². The number of hydrogen-bond acceptors (Lipinski definition) is 5. The van der Waals surface area contributed by atoms with E-state index < -0.39 is 17.4 Å². The summed E-state index contributed by atoms with van der Waals surface area (Å²) in [6.07, 6.45) is 1.94. The third-order valence-corrected chi connectivity index (χ3v) is 3.82. The monoisotopic (exact) mass is 326 g/mol. The molecule has 1 aromatic carbocycles. The number of benzene rings is 1. The minimum absolute atomic E-state index is 0.175. The molecule has 1 aromatic rings. The van der Waals surface area contributed by atoms with Gasteiger partial charge in [0.15, 0.2) is 0 Å². The van der Waals surface area contributed by atoms with Crippen molar-refractivity contribution in [2.45, 2.75) is 17.4 Å². The number of ether oxygens (including phenoxy) is 2. The second-order valence-electron chi connectivity index (χ2n) is 4.96. The summed E-state index contributed by atoms with van der Waals surface area (Å²) in [6, 6.07) is 7.28. The molecule has 6 nitrogen and oxygen atoms in total. The van der Waals surface area contributed by atoms with E-state index in [-0.39, 0.29) is 6.54 Å². The van der Waals surface area contributed by atoms with Crippen molar-refractivity contribution in [2.75, 3.05) is 38.9 Å². The third kappa shape index (κ3) is 5.67. The van der Waals surface area contributed by atoms with Gasteiger partial charge < -0.3 is 20.1 Å². The zero-order chi connectivity index (χ0) is 16.6. The van der Waals surface area contributed by atoms with E-state index >= 15 is 0 Å². The van der Waals surface area contributed by atoms with Gasteiger partial charge in [0.1, 0.15) is 5.60 Å². The van der Waals surface area contributed by atoms with Crippen molar-refractivity contribution in [2.24, 2.45) is 0 Å². The topological polar surface area (TPSA) is 76.7 Å². The summed E-state index contributed by atoms with van der Waals surface area (Å²) in [5, 5.41) is 5.11. The molecular weight excluding hydrogens is 304 g/mol. The highest BCUT2D eigenvalue weighted by Gasteiger charge is 2.26. The summed E-state index contributed by atoms with van der Waals surface area (Å²) in [5.41, 5.74) is -0.0953. The first-order valence-electron chi connectivity index (χ1n) is 6.71. The minimum atomic E-state index is -0.714. The fourth-order valence-electron chi connectivity index (χ4n) is 1.72. The molecule has 122 valence electrons. The molecule has 22 heavy (non-hydrogen) atoms. The standard InChI is InChI=1S/C15H22N2O4S/c1-15(21-3,10-20-2)9-16-13(18)14(19)17-11-6-5-7-12(8-11)22-4/h5-8H,9-10H2,1-4H3,(H,16,18)(H,17,19). The van der Waals surface area contributed by atoms with Crippen LogP contribution in [0.25, 0.3) is 0 Å². The first-order valence-corrected chi connectivity index (χ1v) is 7.94. The number of hydrogen-bond donors (Lipinski definition) is 2. The van der Waals surface area contributed by atoms with Gasteiger partial charge in [0.25, 0.3) is 0 Å². The molecule has 0 aliphatic rings. The van der Waals surface area contributed by atoms with Crippen LogP contribution in [0.5, 0.6) is 0 Å². The average Bonchev–Trinajstić information content (AvgIpc) is 2.53. The van der Waals surface area contributed by atoms with Crippen molar-refractivity contribution < 1.29 is 19.1 Å². The number of nitrogens with one attached hydrogen (secondary N) is 2. The number of anilines is 1. The van der Waals surface area contributed by atoms with E-state index in [4.69, 9.17) is 9.47 Å². The van der Waals surface area contributed by atoms with Gasteiger partial charge in [-0.05, 0) is 31.4 Å². The predicted octanol–water partition coefficient (Wildman–Crippen LogP) is 1.51. The molecule has 0 heterocycles. The molecule has 0 aromatic heterocycles. The first kappa shape index (κ1) is 18.5. The van der Waals surface area contributed by atoms with Gasteiger partial charge in [0.05, 0.1) is 6.61 Å². The van der Waals surface area contributed by atoms with Crippen LogP contribution in [0.3, 0.4) is 0 Å². The number of methoxy groups -OCH3 is 2. The van der Waals surface area contributed by atoms with E-state index in [0.717, 1.165) is 4.90 Å². The fraction of sp³-hybridized carbons (Fsp3) is 0.467. The lowest BCUT2D eigenvalue weighted by molar-refractivity contribution is -0.137. The quantitative estimate of drug-likeness (QED) is 0.587. The second kappa shape index (κ2) is 8.77. The summed E-state index contributed by atoms with van der Waals surface area (Å²) in [4.78, 5) is 24.7. The maximum absolute atomic E-state index is 11.9. The van der Waals surface area contributed by atoms with Gasteiger partial charge in [-0.15, -0.1) is 11.8 Å². The van der Waals surface area contributed by atoms with Crippen molar-refractivity contribution in [3.63, 3.8) is 0 Å². The van der Waals surface area contributed by atoms with Gasteiger partial charge in [0, 0.05) is 31.3 Å². The smallest absolute Gasteiger partial charge is 0.313 e. The lowest BCUT2D eigenvalue weighted by Gasteiger charge is -2.27. The first-order chi connectivity index (χ1) is 10.4. The molecule has 1 atom stereocenters. The van der Waals surface area contributed by atoms with Gasteiger partial charge in [-0.25, -0.2) is 0 Å². The Kier molecular flexibility index (Phi) is 7.37.